The van der Waals surface area contributed by atoms with Gasteiger partial charge in [-0.15, -0.1) is 10.2 Å². The summed E-state index contributed by atoms with van der Waals surface area (Å²) in [4.78, 5) is 11.6. The van der Waals surface area contributed by atoms with Gasteiger partial charge in [0, 0.05) is 11.8 Å². The Morgan fingerprint density at radius 1 is 1.14 bits per heavy atom. The van der Waals surface area contributed by atoms with Crippen LogP contribution in [0.1, 0.15) is 10.4 Å². The highest BCUT2D eigenvalue weighted by Gasteiger charge is 2.12. The molecule has 0 fully saturated rings. The third kappa shape index (κ3) is 2.31. The molecular formula is C15H13N3O3. The lowest BCUT2D eigenvalue weighted by Gasteiger charge is -2.04. The largest absolute Gasteiger partial charge is 0.497 e. The quantitative estimate of drug-likeness (QED) is 0.689. The number of hydrogen-bond donors (Lipinski definition) is 0. The number of benzene rings is 1. The number of ether oxygens (including phenoxy) is 2. The Kier molecular flexibility index (Phi) is 3.27. The molecule has 3 rings (SSSR count). The van der Waals surface area contributed by atoms with Crippen molar-refractivity contribution in [1.29, 1.82) is 0 Å². The van der Waals surface area contributed by atoms with Crippen LogP contribution in [0.25, 0.3) is 17.0 Å². The second kappa shape index (κ2) is 5.24. The van der Waals surface area contributed by atoms with Crippen LogP contribution in [0.2, 0.25) is 0 Å². The second-order valence-corrected chi connectivity index (χ2v) is 4.39. The van der Waals surface area contributed by atoms with E-state index in [1.54, 1.807) is 29.8 Å². The molecule has 0 bridgehead atoms. The van der Waals surface area contributed by atoms with Gasteiger partial charge in [0.25, 0.3) is 0 Å². The molecule has 0 unspecified atom stereocenters. The SMILES string of the molecule is COC(=O)c1ccc2nnc(-c3cccc(OC)c3)n2c1. The number of pyridine rings is 1. The molecule has 3 aromatic rings. The van der Waals surface area contributed by atoms with Crippen LogP contribution in [-0.4, -0.2) is 34.8 Å². The van der Waals surface area contributed by atoms with Crippen molar-refractivity contribution >= 4 is 11.6 Å². The summed E-state index contributed by atoms with van der Waals surface area (Å²) in [5.41, 5.74) is 1.94. The van der Waals surface area contributed by atoms with Gasteiger partial charge in [-0.3, -0.25) is 4.40 Å². The zero-order valence-electron chi connectivity index (χ0n) is 11.6. The number of carbonyl (C=O) groups excluding carboxylic acids is 1. The molecule has 6 nitrogen and oxygen atoms in total. The molecule has 21 heavy (non-hydrogen) atoms. The summed E-state index contributed by atoms with van der Waals surface area (Å²) in [6.07, 6.45) is 1.66. The lowest BCUT2D eigenvalue weighted by atomic mass is 10.2. The highest BCUT2D eigenvalue weighted by Crippen LogP contribution is 2.23. The van der Waals surface area contributed by atoms with Crippen molar-refractivity contribution in [1.82, 2.24) is 14.6 Å². The van der Waals surface area contributed by atoms with Gasteiger partial charge in [0.05, 0.1) is 19.8 Å². The Morgan fingerprint density at radius 3 is 2.76 bits per heavy atom. The number of esters is 1. The topological polar surface area (TPSA) is 65.7 Å². The minimum atomic E-state index is -0.401. The van der Waals surface area contributed by atoms with Crippen molar-refractivity contribution in [2.75, 3.05) is 14.2 Å². The van der Waals surface area contributed by atoms with E-state index in [1.165, 1.54) is 7.11 Å². The van der Waals surface area contributed by atoms with Gasteiger partial charge in [0.1, 0.15) is 5.75 Å². The van der Waals surface area contributed by atoms with Gasteiger partial charge in [0.2, 0.25) is 0 Å². The van der Waals surface area contributed by atoms with E-state index in [9.17, 15) is 4.79 Å². The molecule has 106 valence electrons. The van der Waals surface area contributed by atoms with E-state index in [0.717, 1.165) is 11.3 Å². The molecule has 0 saturated carbocycles. The van der Waals surface area contributed by atoms with Crippen molar-refractivity contribution in [3.05, 3.63) is 48.2 Å². The third-order valence-corrected chi connectivity index (χ3v) is 3.15. The van der Waals surface area contributed by atoms with Crippen molar-refractivity contribution in [3.63, 3.8) is 0 Å². The summed E-state index contributed by atoms with van der Waals surface area (Å²) in [6, 6.07) is 10.9. The van der Waals surface area contributed by atoms with Gasteiger partial charge in [-0.2, -0.15) is 0 Å². The molecule has 0 aliphatic rings. The predicted octanol–water partition coefficient (Wildman–Crippen LogP) is 2.19. The Hall–Kier alpha value is -2.89. The molecule has 0 N–H and O–H groups in total. The molecule has 1 aromatic carbocycles. The van der Waals surface area contributed by atoms with Crippen molar-refractivity contribution in [3.8, 4) is 17.1 Å². The van der Waals surface area contributed by atoms with E-state index in [0.29, 0.717) is 17.0 Å². The lowest BCUT2D eigenvalue weighted by molar-refractivity contribution is 0.0600. The molecule has 0 radical (unpaired) electrons. The van der Waals surface area contributed by atoms with Gasteiger partial charge < -0.3 is 9.47 Å². The first-order valence-electron chi connectivity index (χ1n) is 6.30. The fourth-order valence-electron chi connectivity index (χ4n) is 2.09. The van der Waals surface area contributed by atoms with E-state index in [2.05, 4.69) is 10.2 Å². The zero-order valence-corrected chi connectivity index (χ0v) is 11.6. The Balaban J connectivity index is 2.15. The van der Waals surface area contributed by atoms with Crippen molar-refractivity contribution in [2.45, 2.75) is 0 Å². The maximum atomic E-state index is 11.6. The van der Waals surface area contributed by atoms with E-state index in [1.807, 2.05) is 24.3 Å². The van der Waals surface area contributed by atoms with Crippen molar-refractivity contribution in [2.24, 2.45) is 0 Å². The molecule has 0 aliphatic carbocycles. The number of aromatic nitrogens is 3. The molecule has 0 atom stereocenters. The maximum absolute atomic E-state index is 11.6. The zero-order chi connectivity index (χ0) is 14.8. The average Bonchev–Trinajstić information content (AvgIpc) is 2.97. The molecule has 0 spiro atoms. The number of fused-ring (bicyclic) bond motifs is 1. The van der Waals surface area contributed by atoms with Crippen LogP contribution in [0.4, 0.5) is 0 Å². The highest BCUT2D eigenvalue weighted by atomic mass is 16.5. The van der Waals surface area contributed by atoms with Crippen LogP contribution in [-0.2, 0) is 4.74 Å². The number of rotatable bonds is 3. The number of carbonyl (C=O) groups is 1. The predicted molar refractivity (Wildman–Crippen MR) is 76.3 cm³/mol. The Labute approximate surface area is 120 Å². The summed E-state index contributed by atoms with van der Waals surface area (Å²) in [5, 5.41) is 8.27. The third-order valence-electron chi connectivity index (χ3n) is 3.15. The monoisotopic (exact) mass is 283 g/mol. The van der Waals surface area contributed by atoms with Crippen LogP contribution in [0.15, 0.2) is 42.6 Å². The van der Waals surface area contributed by atoms with Crippen LogP contribution < -0.4 is 4.74 Å². The van der Waals surface area contributed by atoms with Gasteiger partial charge >= 0.3 is 5.97 Å². The first kappa shape index (κ1) is 13.1. The van der Waals surface area contributed by atoms with E-state index >= 15 is 0 Å². The standard InChI is InChI=1S/C15H13N3O3/c1-20-12-5-3-4-10(8-12)14-17-16-13-7-6-11(9-18(13)14)15(19)21-2/h3-9H,1-2H3. The van der Waals surface area contributed by atoms with E-state index < -0.39 is 5.97 Å². The fourth-order valence-corrected chi connectivity index (χ4v) is 2.09. The molecule has 2 heterocycles. The minimum absolute atomic E-state index is 0.401. The smallest absolute Gasteiger partial charge is 0.339 e. The maximum Gasteiger partial charge on any atom is 0.339 e. The van der Waals surface area contributed by atoms with E-state index in [4.69, 9.17) is 9.47 Å². The summed E-state index contributed by atoms with van der Waals surface area (Å²) in [6.45, 7) is 0. The van der Waals surface area contributed by atoms with E-state index in [-0.39, 0.29) is 0 Å². The van der Waals surface area contributed by atoms with Crippen LogP contribution in [0.3, 0.4) is 0 Å². The van der Waals surface area contributed by atoms with Gasteiger partial charge in [-0.05, 0) is 24.3 Å². The fraction of sp³-hybridized carbons (Fsp3) is 0.133. The second-order valence-electron chi connectivity index (χ2n) is 4.39. The molecule has 0 aliphatic heterocycles. The van der Waals surface area contributed by atoms with Gasteiger partial charge in [-0.25, -0.2) is 4.79 Å². The summed E-state index contributed by atoms with van der Waals surface area (Å²) >= 11 is 0. The summed E-state index contributed by atoms with van der Waals surface area (Å²) in [5.74, 6) is 0.963. The number of nitrogens with zero attached hydrogens (tertiary/aromatic N) is 3. The first-order valence-corrected chi connectivity index (χ1v) is 6.30. The first-order chi connectivity index (χ1) is 10.2. The number of hydrogen-bond acceptors (Lipinski definition) is 5. The molecule has 0 saturated heterocycles. The number of methoxy groups -OCH3 is 2. The lowest BCUT2D eigenvalue weighted by Crippen LogP contribution is -2.03. The highest BCUT2D eigenvalue weighted by molar-refractivity contribution is 5.89. The molecular weight excluding hydrogens is 270 g/mol. The van der Waals surface area contributed by atoms with Crippen molar-refractivity contribution < 1.29 is 14.3 Å². The average molecular weight is 283 g/mol. The van der Waals surface area contributed by atoms with Crippen LogP contribution in [0.5, 0.6) is 5.75 Å². The molecule has 2 aromatic heterocycles. The minimum Gasteiger partial charge on any atom is -0.497 e. The Bertz CT molecular complexity index is 811. The normalized spacial score (nSPS) is 10.6. The Morgan fingerprint density at radius 2 is 2.00 bits per heavy atom. The van der Waals surface area contributed by atoms with Crippen LogP contribution in [0, 0.1) is 0 Å². The van der Waals surface area contributed by atoms with Gasteiger partial charge in [0.15, 0.2) is 11.5 Å². The summed E-state index contributed by atoms with van der Waals surface area (Å²) < 4.78 is 11.7. The summed E-state index contributed by atoms with van der Waals surface area (Å²) in [7, 11) is 2.96. The van der Waals surface area contributed by atoms with Gasteiger partial charge in [-0.1, -0.05) is 12.1 Å². The molecule has 6 heteroatoms. The van der Waals surface area contributed by atoms with Crippen LogP contribution >= 0.6 is 0 Å². The molecule has 0 amide bonds.